The van der Waals surface area contributed by atoms with Gasteiger partial charge in [-0.3, -0.25) is 4.90 Å². The summed E-state index contributed by atoms with van der Waals surface area (Å²) in [7, 11) is 1.35. The van der Waals surface area contributed by atoms with Crippen LogP contribution in [0, 0.1) is 5.41 Å². The first-order valence-electron chi connectivity index (χ1n) is 8.96. The van der Waals surface area contributed by atoms with Gasteiger partial charge in [-0.15, -0.1) is 0 Å². The van der Waals surface area contributed by atoms with E-state index in [-0.39, 0.29) is 23.4 Å². The summed E-state index contributed by atoms with van der Waals surface area (Å²) in [5.74, 6) is 0.544. The van der Waals surface area contributed by atoms with Crippen LogP contribution in [0.5, 0.6) is 0 Å². The van der Waals surface area contributed by atoms with E-state index in [0.29, 0.717) is 6.54 Å². The third kappa shape index (κ3) is 4.34. The number of furan rings is 1. The Kier molecular flexibility index (Phi) is 5.49. The van der Waals surface area contributed by atoms with Gasteiger partial charge >= 0.3 is 5.97 Å². The fourth-order valence-electron chi connectivity index (χ4n) is 3.18. The molecule has 1 aliphatic heterocycles. The molecule has 0 unspecified atom stereocenters. The lowest BCUT2D eigenvalue weighted by Crippen LogP contribution is -2.48. The molecule has 5 heteroatoms. The van der Waals surface area contributed by atoms with Crippen molar-refractivity contribution in [2.24, 2.45) is 5.41 Å². The number of nitrogens with zero attached hydrogens (tertiary/aromatic N) is 1. The number of benzene rings is 1. The van der Waals surface area contributed by atoms with Crippen LogP contribution in [0.2, 0.25) is 0 Å². The summed E-state index contributed by atoms with van der Waals surface area (Å²) >= 11 is 0. The highest BCUT2D eigenvalue weighted by atomic mass is 16.5. The van der Waals surface area contributed by atoms with Gasteiger partial charge in [0.15, 0.2) is 0 Å². The second-order valence-corrected chi connectivity index (χ2v) is 7.84. The predicted molar refractivity (Wildman–Crippen MR) is 98.8 cm³/mol. The molecule has 1 saturated heterocycles. The van der Waals surface area contributed by atoms with Gasteiger partial charge in [-0.1, -0.05) is 51.1 Å². The molecule has 2 aromatic rings. The van der Waals surface area contributed by atoms with E-state index in [1.54, 1.807) is 6.07 Å². The Morgan fingerprint density at radius 3 is 2.54 bits per heavy atom. The van der Waals surface area contributed by atoms with Gasteiger partial charge < -0.3 is 13.9 Å². The van der Waals surface area contributed by atoms with Crippen LogP contribution in [0.4, 0.5) is 0 Å². The normalized spacial score (nSPS) is 21.5. The van der Waals surface area contributed by atoms with Gasteiger partial charge in [-0.05, 0) is 23.1 Å². The standard InChI is InChI=1S/C21H27NO4/c1-21(2,3)19-14-22(12-16-10-11-17(25-16)20(23)24-4)13-18(26-19)15-8-6-5-7-9-15/h5-11,18-19H,12-14H2,1-4H3/t18-,19+/m0/s1. The summed E-state index contributed by atoms with van der Waals surface area (Å²) in [4.78, 5) is 13.9. The Morgan fingerprint density at radius 2 is 1.88 bits per heavy atom. The van der Waals surface area contributed by atoms with E-state index in [1.807, 2.05) is 24.3 Å². The molecule has 0 aliphatic carbocycles. The summed E-state index contributed by atoms with van der Waals surface area (Å²) in [6.45, 7) is 8.84. The highest BCUT2D eigenvalue weighted by Crippen LogP contribution is 2.34. The molecule has 0 amide bonds. The molecule has 3 rings (SSSR count). The predicted octanol–water partition coefficient (Wildman–Crippen LogP) is 4.05. The molecule has 1 aromatic heterocycles. The van der Waals surface area contributed by atoms with Gasteiger partial charge in [0.2, 0.25) is 5.76 Å². The van der Waals surface area contributed by atoms with Crippen LogP contribution in [0.25, 0.3) is 0 Å². The van der Waals surface area contributed by atoms with Gasteiger partial charge in [0.05, 0.1) is 25.9 Å². The van der Waals surface area contributed by atoms with Gasteiger partial charge in [-0.2, -0.15) is 0 Å². The number of hydrogen-bond acceptors (Lipinski definition) is 5. The van der Waals surface area contributed by atoms with E-state index in [0.717, 1.165) is 18.8 Å². The van der Waals surface area contributed by atoms with E-state index < -0.39 is 5.97 Å². The van der Waals surface area contributed by atoms with E-state index in [1.165, 1.54) is 12.7 Å². The van der Waals surface area contributed by atoms with E-state index in [4.69, 9.17) is 13.9 Å². The minimum absolute atomic E-state index is 0.0178. The number of rotatable bonds is 4. The maximum absolute atomic E-state index is 11.6. The van der Waals surface area contributed by atoms with E-state index in [2.05, 4.69) is 37.8 Å². The number of esters is 1. The number of ether oxygens (including phenoxy) is 2. The lowest BCUT2D eigenvalue weighted by atomic mass is 9.87. The number of carbonyl (C=O) groups is 1. The van der Waals surface area contributed by atoms with Gasteiger partial charge in [0.1, 0.15) is 5.76 Å². The third-order valence-corrected chi connectivity index (χ3v) is 4.74. The minimum atomic E-state index is -0.451. The van der Waals surface area contributed by atoms with Gasteiger partial charge in [0, 0.05) is 13.1 Å². The van der Waals surface area contributed by atoms with E-state index >= 15 is 0 Å². The lowest BCUT2D eigenvalue weighted by Gasteiger charge is -2.43. The van der Waals surface area contributed by atoms with Crippen molar-refractivity contribution in [1.82, 2.24) is 4.90 Å². The second kappa shape index (κ2) is 7.64. The van der Waals surface area contributed by atoms with Crippen molar-refractivity contribution in [3.8, 4) is 0 Å². The molecular weight excluding hydrogens is 330 g/mol. The van der Waals surface area contributed by atoms with E-state index in [9.17, 15) is 4.79 Å². The highest BCUT2D eigenvalue weighted by molar-refractivity contribution is 5.86. The molecule has 26 heavy (non-hydrogen) atoms. The quantitative estimate of drug-likeness (QED) is 0.773. The zero-order valence-corrected chi connectivity index (χ0v) is 15.9. The first-order valence-corrected chi connectivity index (χ1v) is 8.96. The highest BCUT2D eigenvalue weighted by Gasteiger charge is 2.36. The van der Waals surface area contributed by atoms with Gasteiger partial charge in [0.25, 0.3) is 0 Å². The average Bonchev–Trinajstić information content (AvgIpc) is 3.09. The van der Waals surface area contributed by atoms with Crippen LogP contribution < -0.4 is 0 Å². The largest absolute Gasteiger partial charge is 0.463 e. The fraction of sp³-hybridized carbons (Fsp3) is 0.476. The van der Waals surface area contributed by atoms with Crippen LogP contribution in [0.15, 0.2) is 46.9 Å². The molecule has 0 radical (unpaired) electrons. The van der Waals surface area contributed by atoms with Crippen LogP contribution >= 0.6 is 0 Å². The molecule has 1 fully saturated rings. The molecule has 1 aromatic carbocycles. The maximum atomic E-state index is 11.6. The summed E-state index contributed by atoms with van der Waals surface area (Å²) in [6.07, 6.45) is 0.126. The van der Waals surface area contributed by atoms with Crippen molar-refractivity contribution in [3.63, 3.8) is 0 Å². The van der Waals surface area contributed by atoms with Crippen molar-refractivity contribution in [2.45, 2.75) is 39.5 Å². The number of carbonyl (C=O) groups excluding carboxylic acids is 1. The zero-order valence-electron chi connectivity index (χ0n) is 15.9. The van der Waals surface area contributed by atoms with Crippen LogP contribution in [0.1, 0.15) is 48.8 Å². The molecular formula is C21H27NO4. The molecule has 0 saturated carbocycles. The first kappa shape index (κ1) is 18.7. The molecule has 5 nitrogen and oxygen atoms in total. The Balaban J connectivity index is 1.77. The first-order chi connectivity index (χ1) is 12.4. The summed E-state index contributed by atoms with van der Waals surface area (Å²) in [5.41, 5.74) is 1.22. The van der Waals surface area contributed by atoms with Crippen molar-refractivity contribution >= 4 is 5.97 Å². The molecule has 2 heterocycles. The molecule has 2 atom stereocenters. The molecule has 1 aliphatic rings. The Hall–Kier alpha value is -2.11. The van der Waals surface area contributed by atoms with Crippen molar-refractivity contribution in [3.05, 3.63) is 59.5 Å². The molecule has 0 spiro atoms. The number of methoxy groups -OCH3 is 1. The average molecular weight is 357 g/mol. The molecule has 0 bridgehead atoms. The summed E-state index contributed by atoms with van der Waals surface area (Å²) in [5, 5.41) is 0. The number of morpholine rings is 1. The van der Waals surface area contributed by atoms with Crippen molar-refractivity contribution in [1.29, 1.82) is 0 Å². The summed E-state index contributed by atoms with van der Waals surface area (Å²) in [6, 6.07) is 13.8. The Bertz CT molecular complexity index is 732. The van der Waals surface area contributed by atoms with Crippen LogP contribution in [-0.4, -0.2) is 37.2 Å². The smallest absolute Gasteiger partial charge is 0.373 e. The maximum Gasteiger partial charge on any atom is 0.373 e. The van der Waals surface area contributed by atoms with Crippen molar-refractivity contribution < 1.29 is 18.7 Å². The number of hydrogen-bond donors (Lipinski definition) is 0. The zero-order chi connectivity index (χ0) is 18.7. The Morgan fingerprint density at radius 1 is 1.15 bits per heavy atom. The fourth-order valence-corrected chi connectivity index (χ4v) is 3.18. The van der Waals surface area contributed by atoms with Crippen LogP contribution in [0.3, 0.4) is 0 Å². The second-order valence-electron chi connectivity index (χ2n) is 7.84. The monoisotopic (exact) mass is 357 g/mol. The summed E-state index contributed by atoms with van der Waals surface area (Å²) < 4.78 is 16.8. The SMILES string of the molecule is COC(=O)c1ccc(CN2C[C@@H](c3ccccc3)O[C@@H](C(C)(C)C)C2)o1. The van der Waals surface area contributed by atoms with Crippen molar-refractivity contribution in [2.75, 3.05) is 20.2 Å². The molecule has 140 valence electrons. The Labute approximate surface area is 154 Å². The minimum Gasteiger partial charge on any atom is -0.463 e. The lowest BCUT2D eigenvalue weighted by molar-refractivity contribution is -0.131. The van der Waals surface area contributed by atoms with Crippen LogP contribution in [-0.2, 0) is 16.0 Å². The topological polar surface area (TPSA) is 51.9 Å². The van der Waals surface area contributed by atoms with Gasteiger partial charge in [-0.25, -0.2) is 4.79 Å². The molecule has 0 N–H and O–H groups in total. The third-order valence-electron chi connectivity index (χ3n) is 4.74.